The number of aliphatic hydroxyl groups is 2. The normalized spacial score (nSPS) is 14.9. The van der Waals surface area contributed by atoms with E-state index in [4.69, 9.17) is 5.11 Å². The summed E-state index contributed by atoms with van der Waals surface area (Å²) in [5, 5.41) is 27.5. The van der Waals surface area contributed by atoms with Crippen molar-refractivity contribution < 1.29 is 20.1 Å². The summed E-state index contributed by atoms with van der Waals surface area (Å²) in [5.74, 6) is -0.784. The van der Waals surface area contributed by atoms with E-state index < -0.39 is 12.1 Å². The Hall–Kier alpha value is -1.13. The van der Waals surface area contributed by atoms with Crippen molar-refractivity contribution in [3.63, 3.8) is 0 Å². The van der Waals surface area contributed by atoms with E-state index in [1.165, 1.54) is 0 Å². The Morgan fingerprint density at radius 3 is 2.50 bits per heavy atom. The maximum absolute atomic E-state index is 10.3. The van der Waals surface area contributed by atoms with Crippen LogP contribution in [0.1, 0.15) is 58.3 Å². The predicted molar refractivity (Wildman–Crippen MR) is 80.5 cm³/mol. The molecule has 2 atom stereocenters. The molecule has 0 amide bonds. The second-order valence-corrected chi connectivity index (χ2v) is 4.98. The molecule has 0 saturated carbocycles. The minimum absolute atomic E-state index is 0.169. The molecular formula is C16H28O4. The molecule has 0 aliphatic heterocycles. The highest BCUT2D eigenvalue weighted by atomic mass is 16.4. The van der Waals surface area contributed by atoms with Crippen LogP contribution in [-0.2, 0) is 4.79 Å². The van der Waals surface area contributed by atoms with E-state index in [2.05, 4.69) is 0 Å². The zero-order chi connectivity index (χ0) is 15.2. The first kappa shape index (κ1) is 18.9. The van der Waals surface area contributed by atoms with Crippen LogP contribution >= 0.6 is 0 Å². The molecule has 20 heavy (non-hydrogen) atoms. The smallest absolute Gasteiger partial charge is 0.303 e. The number of allylic oxidation sites excluding steroid dienone is 3. The van der Waals surface area contributed by atoms with Gasteiger partial charge in [-0.3, -0.25) is 4.79 Å². The first-order valence-electron chi connectivity index (χ1n) is 7.45. The number of rotatable bonds is 12. The Kier molecular flexibility index (Phi) is 12.2. The van der Waals surface area contributed by atoms with E-state index in [1.807, 2.05) is 25.2 Å². The Morgan fingerprint density at radius 2 is 1.85 bits per heavy atom. The Balaban J connectivity index is 3.53. The van der Waals surface area contributed by atoms with Gasteiger partial charge in [0, 0.05) is 6.42 Å². The van der Waals surface area contributed by atoms with Crippen molar-refractivity contribution in [1.29, 1.82) is 0 Å². The van der Waals surface area contributed by atoms with E-state index in [0.29, 0.717) is 12.8 Å². The van der Waals surface area contributed by atoms with Crippen LogP contribution in [0.3, 0.4) is 0 Å². The highest BCUT2D eigenvalue weighted by Gasteiger charge is 2.01. The third-order valence-corrected chi connectivity index (χ3v) is 3.08. The van der Waals surface area contributed by atoms with Crippen molar-refractivity contribution >= 4 is 5.97 Å². The molecule has 3 N–H and O–H groups in total. The molecule has 0 bridgehead atoms. The van der Waals surface area contributed by atoms with Crippen molar-refractivity contribution in [1.82, 2.24) is 0 Å². The maximum Gasteiger partial charge on any atom is 0.303 e. The largest absolute Gasteiger partial charge is 0.481 e. The van der Waals surface area contributed by atoms with E-state index >= 15 is 0 Å². The summed E-state index contributed by atoms with van der Waals surface area (Å²) in [6.45, 7) is 1.97. The minimum Gasteiger partial charge on any atom is -0.481 e. The second kappa shape index (κ2) is 12.9. The fourth-order valence-electron chi connectivity index (χ4n) is 1.75. The van der Waals surface area contributed by atoms with E-state index in [0.717, 1.165) is 32.1 Å². The molecule has 4 heteroatoms. The number of hydrogen-bond acceptors (Lipinski definition) is 3. The third-order valence-electron chi connectivity index (χ3n) is 3.08. The summed E-state index contributed by atoms with van der Waals surface area (Å²) in [7, 11) is 0. The van der Waals surface area contributed by atoms with Crippen molar-refractivity contribution in [3.8, 4) is 0 Å². The lowest BCUT2D eigenvalue weighted by molar-refractivity contribution is -0.137. The van der Waals surface area contributed by atoms with Crippen LogP contribution in [0.25, 0.3) is 0 Å². The summed E-state index contributed by atoms with van der Waals surface area (Å²) in [6, 6.07) is 0. The number of hydrogen-bond donors (Lipinski definition) is 3. The summed E-state index contributed by atoms with van der Waals surface area (Å²) >= 11 is 0. The molecule has 0 radical (unpaired) electrons. The molecule has 0 aliphatic carbocycles. The molecule has 0 aromatic heterocycles. The van der Waals surface area contributed by atoms with E-state index in [9.17, 15) is 15.0 Å². The monoisotopic (exact) mass is 284 g/mol. The average molecular weight is 284 g/mol. The van der Waals surface area contributed by atoms with Crippen LogP contribution in [0.4, 0.5) is 0 Å². The Labute approximate surface area is 121 Å². The molecule has 0 fully saturated rings. The van der Waals surface area contributed by atoms with Gasteiger partial charge in [-0.2, -0.15) is 0 Å². The topological polar surface area (TPSA) is 77.8 Å². The van der Waals surface area contributed by atoms with E-state index in [1.54, 1.807) is 6.08 Å². The van der Waals surface area contributed by atoms with Gasteiger partial charge >= 0.3 is 5.97 Å². The molecule has 0 aliphatic rings. The van der Waals surface area contributed by atoms with Crippen LogP contribution in [-0.4, -0.2) is 33.5 Å². The lowest BCUT2D eigenvalue weighted by Crippen LogP contribution is -2.02. The molecule has 0 aromatic rings. The van der Waals surface area contributed by atoms with Gasteiger partial charge in [-0.05, 0) is 44.9 Å². The van der Waals surface area contributed by atoms with Gasteiger partial charge in [0.1, 0.15) is 0 Å². The fourth-order valence-corrected chi connectivity index (χ4v) is 1.75. The van der Waals surface area contributed by atoms with Crippen molar-refractivity contribution in [3.05, 3.63) is 24.3 Å². The van der Waals surface area contributed by atoms with Crippen molar-refractivity contribution in [2.24, 2.45) is 0 Å². The summed E-state index contributed by atoms with van der Waals surface area (Å²) in [4.78, 5) is 10.3. The highest BCUT2D eigenvalue weighted by molar-refractivity contribution is 5.66. The van der Waals surface area contributed by atoms with Gasteiger partial charge in [-0.25, -0.2) is 0 Å². The molecule has 0 aromatic carbocycles. The van der Waals surface area contributed by atoms with Gasteiger partial charge in [-0.15, -0.1) is 0 Å². The third kappa shape index (κ3) is 13.3. The van der Waals surface area contributed by atoms with Crippen molar-refractivity contribution in [2.45, 2.75) is 70.5 Å². The number of aliphatic hydroxyl groups excluding tert-OH is 2. The van der Waals surface area contributed by atoms with Crippen LogP contribution in [0.2, 0.25) is 0 Å². The highest BCUT2D eigenvalue weighted by Crippen LogP contribution is 2.06. The standard InChI is InChI=1S/C16H28O4/c1-2-14(17)10-6-4-3-5-7-11-15(18)12-8-9-13-16(19)20/h3-4,7,11,14-15,17-18H,2,5-6,8-10,12-13H2,1H3,(H,19,20)/b4-3-,11-7-. The van der Waals surface area contributed by atoms with Gasteiger partial charge in [0.2, 0.25) is 0 Å². The molecule has 116 valence electrons. The van der Waals surface area contributed by atoms with Crippen LogP contribution < -0.4 is 0 Å². The molecule has 2 unspecified atom stereocenters. The van der Waals surface area contributed by atoms with Crippen LogP contribution in [0.5, 0.6) is 0 Å². The number of aliphatic carboxylic acids is 1. The number of unbranched alkanes of at least 4 members (excludes halogenated alkanes) is 1. The van der Waals surface area contributed by atoms with E-state index in [-0.39, 0.29) is 12.5 Å². The van der Waals surface area contributed by atoms with Gasteiger partial charge in [0.05, 0.1) is 12.2 Å². The number of carboxylic acids is 1. The van der Waals surface area contributed by atoms with Crippen LogP contribution in [0, 0.1) is 0 Å². The van der Waals surface area contributed by atoms with Crippen molar-refractivity contribution in [2.75, 3.05) is 0 Å². The molecular weight excluding hydrogens is 256 g/mol. The lowest BCUT2D eigenvalue weighted by Gasteiger charge is -2.04. The van der Waals surface area contributed by atoms with Gasteiger partial charge in [0.25, 0.3) is 0 Å². The summed E-state index contributed by atoms with van der Waals surface area (Å²) < 4.78 is 0. The van der Waals surface area contributed by atoms with Gasteiger partial charge in [0.15, 0.2) is 0 Å². The summed E-state index contributed by atoms with van der Waals surface area (Å²) in [5.41, 5.74) is 0. The molecule has 0 spiro atoms. The zero-order valence-electron chi connectivity index (χ0n) is 12.4. The Bertz CT molecular complexity index is 297. The molecule has 0 saturated heterocycles. The fraction of sp³-hybridized carbons (Fsp3) is 0.688. The van der Waals surface area contributed by atoms with Gasteiger partial charge in [-0.1, -0.05) is 31.2 Å². The lowest BCUT2D eigenvalue weighted by atomic mass is 10.1. The Morgan fingerprint density at radius 1 is 1.10 bits per heavy atom. The van der Waals surface area contributed by atoms with Gasteiger partial charge < -0.3 is 15.3 Å². The SMILES string of the molecule is CCC(O)CC/C=C\C/C=C\C(O)CCCCC(=O)O. The molecule has 0 heterocycles. The minimum atomic E-state index is -0.784. The zero-order valence-corrected chi connectivity index (χ0v) is 12.4. The number of carboxylic acid groups (broad SMARTS) is 1. The first-order valence-corrected chi connectivity index (χ1v) is 7.45. The number of carbonyl (C=O) groups is 1. The quantitative estimate of drug-likeness (QED) is 0.380. The average Bonchev–Trinajstić information content (AvgIpc) is 2.42. The van der Waals surface area contributed by atoms with Crippen LogP contribution in [0.15, 0.2) is 24.3 Å². The predicted octanol–water partition coefficient (Wildman–Crippen LogP) is 3.05. The molecule has 4 nitrogen and oxygen atoms in total. The first-order chi connectivity index (χ1) is 9.56. The maximum atomic E-state index is 10.3. The summed E-state index contributed by atoms with van der Waals surface area (Å²) in [6.07, 6.45) is 12.4. The second-order valence-electron chi connectivity index (χ2n) is 4.98. The molecule has 0 rings (SSSR count).